The molecular weight excluding hydrogens is 386 g/mol. The number of carbonyl (C=O) groups is 2. The Morgan fingerprint density at radius 3 is 2.83 bits per heavy atom. The van der Waals surface area contributed by atoms with E-state index in [4.69, 9.17) is 0 Å². The number of nitrogens with zero attached hydrogens (tertiary/aromatic N) is 1. The first-order valence-corrected chi connectivity index (χ1v) is 10.6. The van der Waals surface area contributed by atoms with Gasteiger partial charge in [-0.1, -0.05) is 26.0 Å². The maximum Gasteiger partial charge on any atom is 0.261 e. The second kappa shape index (κ2) is 7.55. The molecular formula is C22H23N3O3S. The van der Waals surface area contributed by atoms with E-state index in [1.807, 2.05) is 38.1 Å². The lowest BCUT2D eigenvalue weighted by Gasteiger charge is -2.29. The Kier molecular flexibility index (Phi) is 5.08. The minimum Gasteiger partial charge on any atom is -0.352 e. The quantitative estimate of drug-likeness (QED) is 0.631. The van der Waals surface area contributed by atoms with Crippen LogP contribution < -0.4 is 10.9 Å². The van der Waals surface area contributed by atoms with Crippen molar-refractivity contribution < 1.29 is 9.59 Å². The van der Waals surface area contributed by atoms with Crippen molar-refractivity contribution in [3.8, 4) is 0 Å². The molecule has 0 radical (unpaired) electrons. The summed E-state index contributed by atoms with van der Waals surface area (Å²) in [6.07, 6.45) is 2.51. The predicted octanol–water partition coefficient (Wildman–Crippen LogP) is 3.50. The molecule has 0 spiro atoms. The molecule has 4 rings (SSSR count). The average Bonchev–Trinajstić information content (AvgIpc) is 3.06. The first-order valence-electron chi connectivity index (χ1n) is 9.74. The monoisotopic (exact) mass is 409 g/mol. The van der Waals surface area contributed by atoms with E-state index < -0.39 is 11.5 Å². The van der Waals surface area contributed by atoms with E-state index >= 15 is 0 Å². The molecule has 0 atom stereocenters. The smallest absolute Gasteiger partial charge is 0.261 e. The number of rotatable bonds is 5. The fourth-order valence-electron chi connectivity index (χ4n) is 3.76. The van der Waals surface area contributed by atoms with Gasteiger partial charge in [-0.25, -0.2) is 4.98 Å². The van der Waals surface area contributed by atoms with Crippen LogP contribution in [-0.4, -0.2) is 28.2 Å². The van der Waals surface area contributed by atoms with Gasteiger partial charge in [-0.15, -0.1) is 11.3 Å². The Morgan fingerprint density at radius 2 is 2.03 bits per heavy atom. The summed E-state index contributed by atoms with van der Waals surface area (Å²) < 4.78 is 1.15. The normalized spacial score (nSPS) is 15.3. The number of Topliss-reactive ketones (excluding diaryl/α,β-unsaturated/α-hetero) is 1. The lowest BCUT2D eigenvalue weighted by Crippen LogP contribution is -2.35. The van der Waals surface area contributed by atoms with Gasteiger partial charge in [0.15, 0.2) is 5.78 Å². The SMILES string of the molecule is CC1(C)CC(=O)c2cc(C(=O)NCCCc3nc4ccccc4s3)c(=O)[nH]c2C1. The van der Waals surface area contributed by atoms with Gasteiger partial charge in [-0.05, 0) is 36.5 Å². The molecule has 29 heavy (non-hydrogen) atoms. The maximum atomic E-state index is 12.5. The van der Waals surface area contributed by atoms with Gasteiger partial charge >= 0.3 is 0 Å². The molecule has 7 heteroatoms. The third-order valence-corrected chi connectivity index (χ3v) is 6.25. The molecule has 0 fully saturated rings. The summed E-state index contributed by atoms with van der Waals surface area (Å²) in [6, 6.07) is 9.44. The van der Waals surface area contributed by atoms with Crippen LogP contribution in [0.2, 0.25) is 0 Å². The molecule has 0 saturated heterocycles. The highest BCUT2D eigenvalue weighted by Crippen LogP contribution is 2.33. The summed E-state index contributed by atoms with van der Waals surface area (Å²) >= 11 is 1.65. The molecule has 1 aromatic carbocycles. The molecule has 6 nitrogen and oxygen atoms in total. The summed E-state index contributed by atoms with van der Waals surface area (Å²) in [7, 11) is 0. The van der Waals surface area contributed by atoms with Crippen molar-refractivity contribution in [2.75, 3.05) is 6.54 Å². The Balaban J connectivity index is 1.39. The lowest BCUT2D eigenvalue weighted by molar-refractivity contribution is 0.0910. The van der Waals surface area contributed by atoms with Crippen LogP contribution in [0.3, 0.4) is 0 Å². The van der Waals surface area contributed by atoms with E-state index in [2.05, 4.69) is 15.3 Å². The molecule has 0 bridgehead atoms. The molecule has 0 saturated carbocycles. The van der Waals surface area contributed by atoms with Crippen molar-refractivity contribution in [3.05, 3.63) is 62.5 Å². The van der Waals surface area contributed by atoms with Crippen LogP contribution in [0.4, 0.5) is 0 Å². The van der Waals surface area contributed by atoms with Gasteiger partial charge in [0, 0.05) is 30.6 Å². The number of carbonyl (C=O) groups excluding carboxylic acids is 2. The second-order valence-corrected chi connectivity index (χ2v) is 9.40. The molecule has 2 heterocycles. The van der Waals surface area contributed by atoms with Crippen molar-refractivity contribution in [3.63, 3.8) is 0 Å². The van der Waals surface area contributed by atoms with Gasteiger partial charge < -0.3 is 10.3 Å². The summed E-state index contributed by atoms with van der Waals surface area (Å²) in [6.45, 7) is 4.43. The Hall–Kier alpha value is -2.80. The van der Waals surface area contributed by atoms with Crippen molar-refractivity contribution in [2.24, 2.45) is 5.41 Å². The Labute approximate surface area is 172 Å². The first-order chi connectivity index (χ1) is 13.8. The third-order valence-electron chi connectivity index (χ3n) is 5.15. The number of aryl methyl sites for hydroxylation is 1. The predicted molar refractivity (Wildman–Crippen MR) is 114 cm³/mol. The van der Waals surface area contributed by atoms with Crippen molar-refractivity contribution in [1.29, 1.82) is 0 Å². The largest absolute Gasteiger partial charge is 0.352 e. The van der Waals surface area contributed by atoms with Crippen LogP contribution in [0.1, 0.15) is 58.1 Å². The molecule has 1 aliphatic carbocycles. The van der Waals surface area contributed by atoms with E-state index in [0.717, 1.165) is 28.1 Å². The van der Waals surface area contributed by atoms with Crippen molar-refractivity contribution in [2.45, 2.75) is 39.5 Å². The number of para-hydroxylation sites is 1. The summed E-state index contributed by atoms with van der Waals surface area (Å²) in [5.41, 5.74) is 1.45. The number of hydrogen-bond donors (Lipinski definition) is 2. The molecule has 3 aromatic rings. The van der Waals surface area contributed by atoms with E-state index in [9.17, 15) is 14.4 Å². The zero-order valence-electron chi connectivity index (χ0n) is 16.5. The maximum absolute atomic E-state index is 12.5. The number of fused-ring (bicyclic) bond motifs is 2. The average molecular weight is 410 g/mol. The van der Waals surface area contributed by atoms with Crippen LogP contribution in [0.5, 0.6) is 0 Å². The standard InChI is InChI=1S/C22H23N3O3S/c1-22(2)11-16-13(17(26)12-22)10-14(21(28)25-16)20(27)23-9-5-8-19-24-15-6-3-4-7-18(15)29-19/h3-4,6-7,10H,5,8-9,11-12H2,1-2H3,(H,23,27)(H,25,28). The molecule has 0 aliphatic heterocycles. The van der Waals surface area contributed by atoms with Gasteiger partial charge in [0.2, 0.25) is 0 Å². The zero-order chi connectivity index (χ0) is 20.6. The molecule has 0 unspecified atom stereocenters. The highest BCUT2D eigenvalue weighted by molar-refractivity contribution is 7.18. The van der Waals surface area contributed by atoms with Gasteiger partial charge in [-0.3, -0.25) is 14.4 Å². The van der Waals surface area contributed by atoms with Crippen LogP contribution in [0.15, 0.2) is 35.1 Å². The number of ketones is 1. The van der Waals surface area contributed by atoms with Crippen molar-refractivity contribution in [1.82, 2.24) is 15.3 Å². The fourth-order valence-corrected chi connectivity index (χ4v) is 4.77. The van der Waals surface area contributed by atoms with Crippen LogP contribution in [0, 0.1) is 5.41 Å². The number of benzene rings is 1. The van der Waals surface area contributed by atoms with Gasteiger partial charge in [0.25, 0.3) is 11.5 Å². The number of aromatic amines is 1. The summed E-state index contributed by atoms with van der Waals surface area (Å²) in [4.78, 5) is 44.6. The van der Waals surface area contributed by atoms with E-state index in [1.54, 1.807) is 11.3 Å². The molecule has 1 amide bonds. The highest BCUT2D eigenvalue weighted by atomic mass is 32.1. The number of nitrogens with one attached hydrogen (secondary N) is 2. The zero-order valence-corrected chi connectivity index (χ0v) is 17.3. The van der Waals surface area contributed by atoms with Gasteiger partial charge in [-0.2, -0.15) is 0 Å². The lowest BCUT2D eigenvalue weighted by atomic mass is 9.75. The van der Waals surface area contributed by atoms with E-state index in [0.29, 0.717) is 30.6 Å². The third kappa shape index (κ3) is 4.15. The summed E-state index contributed by atoms with van der Waals surface area (Å²) in [5, 5.41) is 3.82. The van der Waals surface area contributed by atoms with Gasteiger partial charge in [0.1, 0.15) is 5.56 Å². The minimum absolute atomic E-state index is 0.00297. The molecule has 1 aliphatic rings. The number of aromatic nitrogens is 2. The van der Waals surface area contributed by atoms with E-state index in [-0.39, 0.29) is 16.8 Å². The van der Waals surface area contributed by atoms with E-state index in [1.165, 1.54) is 6.07 Å². The van der Waals surface area contributed by atoms with Gasteiger partial charge in [0.05, 0.1) is 15.2 Å². The molecule has 2 aromatic heterocycles. The number of thiazole rings is 1. The Bertz CT molecular complexity index is 1130. The van der Waals surface area contributed by atoms with Crippen LogP contribution in [-0.2, 0) is 12.8 Å². The first kappa shape index (κ1) is 19.5. The second-order valence-electron chi connectivity index (χ2n) is 8.28. The van der Waals surface area contributed by atoms with Crippen LogP contribution >= 0.6 is 11.3 Å². The Morgan fingerprint density at radius 1 is 1.24 bits per heavy atom. The highest BCUT2D eigenvalue weighted by Gasteiger charge is 2.32. The molecule has 150 valence electrons. The minimum atomic E-state index is -0.448. The number of amides is 1. The fraction of sp³-hybridized carbons (Fsp3) is 0.364. The number of hydrogen-bond acceptors (Lipinski definition) is 5. The van der Waals surface area contributed by atoms with Crippen LogP contribution in [0.25, 0.3) is 10.2 Å². The molecule has 2 N–H and O–H groups in total. The number of pyridine rings is 1. The number of H-pyrrole nitrogens is 1. The topological polar surface area (TPSA) is 91.9 Å². The van der Waals surface area contributed by atoms with Crippen molar-refractivity contribution >= 4 is 33.2 Å². The summed E-state index contributed by atoms with van der Waals surface area (Å²) in [5.74, 6) is -0.478.